The first-order chi connectivity index (χ1) is 25.2. The van der Waals surface area contributed by atoms with Crippen LogP contribution in [0, 0.1) is 31.1 Å². The summed E-state index contributed by atoms with van der Waals surface area (Å²) in [5.41, 5.74) is 9.39. The van der Waals surface area contributed by atoms with E-state index in [1.165, 1.54) is 0 Å². The van der Waals surface area contributed by atoms with Crippen LogP contribution in [0.4, 0.5) is 11.5 Å². The van der Waals surface area contributed by atoms with Gasteiger partial charge < -0.3 is 19.9 Å². The molecule has 0 saturated carbocycles. The van der Waals surface area contributed by atoms with Crippen molar-refractivity contribution in [1.82, 2.24) is 29.7 Å². The van der Waals surface area contributed by atoms with E-state index < -0.39 is 5.97 Å². The summed E-state index contributed by atoms with van der Waals surface area (Å²) in [6.45, 7) is 8.06. The second kappa shape index (κ2) is 13.8. The number of hydrogen-bond acceptors (Lipinski definition) is 11. The number of nitriles is 1. The number of pyridine rings is 3. The van der Waals surface area contributed by atoms with E-state index in [9.17, 15) is 20.3 Å². The van der Waals surface area contributed by atoms with Gasteiger partial charge in [-0.25, -0.2) is 9.97 Å². The molecule has 2 aromatic carbocycles. The molecule has 12 heteroatoms. The molecule has 2 aliphatic rings. The molecular weight excluding hydrogens is 656 g/mol. The van der Waals surface area contributed by atoms with Crippen molar-refractivity contribution in [1.29, 1.82) is 5.26 Å². The quantitative estimate of drug-likeness (QED) is 0.157. The number of hydrogen-bond donors (Lipinski definition) is 3. The highest BCUT2D eigenvalue weighted by Crippen LogP contribution is 2.37. The van der Waals surface area contributed by atoms with Crippen LogP contribution in [0.2, 0.25) is 0 Å². The van der Waals surface area contributed by atoms with Gasteiger partial charge in [0, 0.05) is 73.5 Å². The zero-order valence-electron chi connectivity index (χ0n) is 29.0. The van der Waals surface area contributed by atoms with Crippen molar-refractivity contribution in [3.8, 4) is 28.8 Å². The maximum atomic E-state index is 11.5. The molecule has 2 saturated heterocycles. The number of likely N-dealkylation sites (tertiary alicyclic amines) is 2. The molecule has 0 radical (unpaired) electrons. The summed E-state index contributed by atoms with van der Waals surface area (Å²) in [5.74, 6) is -0.0806. The fourth-order valence-corrected chi connectivity index (χ4v) is 7.51. The highest BCUT2D eigenvalue weighted by Gasteiger charge is 2.28. The number of carboxylic acids is 1. The summed E-state index contributed by atoms with van der Waals surface area (Å²) in [6.07, 6.45) is 6.60. The Balaban J connectivity index is 1.07. The topological polar surface area (TPSA) is 165 Å². The second-order valence-electron chi connectivity index (χ2n) is 13.9. The van der Waals surface area contributed by atoms with E-state index in [4.69, 9.17) is 19.4 Å². The van der Waals surface area contributed by atoms with Crippen LogP contribution in [0.15, 0.2) is 71.5 Å². The molecule has 2 atom stereocenters. The van der Waals surface area contributed by atoms with Gasteiger partial charge in [-0.2, -0.15) is 5.26 Å². The first kappa shape index (κ1) is 33.4. The number of β-amino-alcohol motifs (C(OH)–C–C–N with tert-alkyl or cyclic N) is 1. The Morgan fingerprint density at radius 1 is 0.962 bits per heavy atom. The van der Waals surface area contributed by atoms with Crippen LogP contribution in [-0.2, 0) is 17.9 Å². The van der Waals surface area contributed by atoms with Crippen molar-refractivity contribution in [3.05, 3.63) is 94.9 Å². The lowest BCUT2D eigenvalue weighted by molar-refractivity contribution is -0.141. The fraction of sp³-hybridized carbons (Fsp3) is 0.300. The third-order valence-electron chi connectivity index (χ3n) is 10.3. The van der Waals surface area contributed by atoms with Gasteiger partial charge in [0.2, 0.25) is 5.89 Å². The summed E-state index contributed by atoms with van der Waals surface area (Å²) in [4.78, 5) is 34.8. The van der Waals surface area contributed by atoms with Gasteiger partial charge in [0.05, 0.1) is 23.3 Å². The summed E-state index contributed by atoms with van der Waals surface area (Å²) < 4.78 is 6.26. The van der Waals surface area contributed by atoms with Crippen LogP contribution in [0.3, 0.4) is 0 Å². The van der Waals surface area contributed by atoms with Crippen molar-refractivity contribution in [2.75, 3.05) is 31.5 Å². The minimum atomic E-state index is -0.771. The van der Waals surface area contributed by atoms with E-state index in [1.807, 2.05) is 56.4 Å². The van der Waals surface area contributed by atoms with Crippen LogP contribution >= 0.6 is 0 Å². The molecule has 8 rings (SSSR count). The lowest BCUT2D eigenvalue weighted by Crippen LogP contribution is -2.22. The lowest BCUT2D eigenvalue weighted by Gasteiger charge is -2.16. The van der Waals surface area contributed by atoms with E-state index in [0.29, 0.717) is 61.0 Å². The van der Waals surface area contributed by atoms with E-state index in [0.717, 1.165) is 75.2 Å². The molecule has 4 aromatic heterocycles. The van der Waals surface area contributed by atoms with Crippen molar-refractivity contribution < 1.29 is 19.4 Å². The van der Waals surface area contributed by atoms with Crippen LogP contribution in [0.1, 0.15) is 40.7 Å². The van der Waals surface area contributed by atoms with Crippen molar-refractivity contribution in [2.45, 2.75) is 45.9 Å². The maximum absolute atomic E-state index is 11.5. The Kier molecular flexibility index (Phi) is 8.84. The Bertz CT molecular complexity index is 2380. The molecule has 0 unspecified atom stereocenters. The smallest absolute Gasteiger partial charge is 0.307 e. The molecule has 2 fully saturated rings. The number of aliphatic hydroxyl groups is 1. The molecule has 0 aliphatic carbocycles. The highest BCUT2D eigenvalue weighted by molar-refractivity contribution is 5.91. The number of aromatic nitrogens is 4. The number of carboxylic acid groups (broad SMARTS) is 1. The molecule has 3 N–H and O–H groups in total. The van der Waals surface area contributed by atoms with Crippen LogP contribution in [-0.4, -0.2) is 78.2 Å². The zero-order chi connectivity index (χ0) is 35.9. The van der Waals surface area contributed by atoms with Crippen molar-refractivity contribution in [2.24, 2.45) is 5.92 Å². The van der Waals surface area contributed by atoms with Crippen LogP contribution in [0.25, 0.3) is 44.7 Å². The summed E-state index contributed by atoms with van der Waals surface area (Å²) in [6, 6.07) is 17.9. The number of rotatable bonds is 9. The molecule has 12 nitrogen and oxygen atoms in total. The zero-order valence-corrected chi connectivity index (χ0v) is 29.0. The van der Waals surface area contributed by atoms with Crippen molar-refractivity contribution in [3.63, 3.8) is 0 Å². The van der Waals surface area contributed by atoms with Gasteiger partial charge in [0.15, 0.2) is 11.4 Å². The number of fused-ring (bicyclic) bond motifs is 2. The van der Waals surface area contributed by atoms with Gasteiger partial charge in [-0.15, -0.1) is 0 Å². The maximum Gasteiger partial charge on any atom is 0.307 e. The van der Waals surface area contributed by atoms with Crippen molar-refractivity contribution >= 4 is 39.5 Å². The Morgan fingerprint density at radius 2 is 1.75 bits per heavy atom. The number of aliphatic hydroxyl groups excluding tert-OH is 1. The fourth-order valence-electron chi connectivity index (χ4n) is 7.51. The number of nitrogens with one attached hydrogen (secondary N) is 1. The molecule has 0 spiro atoms. The SMILES string of the molecule is Cc1c(-c2nc3cc(CN4CC[C@@H](C(=O)O)C4)cc(C#N)c3o2)cccc1-c1nccc(Nc2nccc3cc(CN4CC[C@@H](O)C4)cnc23)c1C. The average Bonchev–Trinajstić information content (AvgIpc) is 3.89. The molecule has 6 aromatic rings. The second-order valence-corrected chi connectivity index (χ2v) is 13.9. The first-order valence-electron chi connectivity index (χ1n) is 17.5. The number of benzene rings is 2. The minimum absolute atomic E-state index is 0.259. The summed E-state index contributed by atoms with van der Waals surface area (Å²) in [7, 11) is 0. The molecule has 0 bridgehead atoms. The lowest BCUT2D eigenvalue weighted by atomic mass is 9.96. The van der Waals surface area contributed by atoms with Gasteiger partial charge >= 0.3 is 5.97 Å². The number of aliphatic carboxylic acids is 1. The molecule has 2 aliphatic heterocycles. The Morgan fingerprint density at radius 3 is 2.54 bits per heavy atom. The van der Waals surface area contributed by atoms with E-state index in [-0.39, 0.29) is 12.0 Å². The molecule has 52 heavy (non-hydrogen) atoms. The van der Waals surface area contributed by atoms with E-state index in [1.54, 1.807) is 18.5 Å². The first-order valence-corrected chi connectivity index (χ1v) is 17.5. The third-order valence-corrected chi connectivity index (χ3v) is 10.3. The monoisotopic (exact) mass is 694 g/mol. The average molecular weight is 695 g/mol. The van der Waals surface area contributed by atoms with Gasteiger partial charge in [-0.1, -0.05) is 12.1 Å². The van der Waals surface area contributed by atoms with Gasteiger partial charge in [0.1, 0.15) is 17.1 Å². The summed E-state index contributed by atoms with van der Waals surface area (Å²) in [5, 5.41) is 33.8. The molecular formula is C40H38N8O4. The predicted molar refractivity (Wildman–Crippen MR) is 197 cm³/mol. The number of carbonyl (C=O) groups is 1. The largest absolute Gasteiger partial charge is 0.481 e. The number of oxazole rings is 1. The Labute approximate surface area is 300 Å². The molecule has 6 heterocycles. The normalized spacial score (nSPS) is 18.0. The van der Waals surface area contributed by atoms with Crippen LogP contribution < -0.4 is 5.32 Å². The van der Waals surface area contributed by atoms with Crippen LogP contribution in [0.5, 0.6) is 0 Å². The number of anilines is 2. The van der Waals surface area contributed by atoms with E-state index >= 15 is 0 Å². The molecule has 262 valence electrons. The van der Waals surface area contributed by atoms with Gasteiger partial charge in [-0.05, 0) is 91.9 Å². The minimum Gasteiger partial charge on any atom is -0.481 e. The standard InChI is InChI=1S/C40H38N8O4/c1-23-31(4-3-5-32(23)39-46-34-16-25(14-29(17-41)37(34)52-39)19-47-12-8-28(21-47)40(50)51)35-24(2)33(7-11-42-35)45-38-36-27(6-10-43-38)15-26(18-44-36)20-48-13-9-30(49)22-48/h3-7,10-11,14-16,18,28,30,49H,8-9,12-13,19-22H2,1-2H3,(H,50,51)(H,42,43,45)/t28-,30-/m1/s1. The van der Waals surface area contributed by atoms with Gasteiger partial charge in [-0.3, -0.25) is 24.6 Å². The predicted octanol–water partition coefficient (Wildman–Crippen LogP) is 6.21. The van der Waals surface area contributed by atoms with E-state index in [2.05, 4.69) is 32.2 Å². The molecule has 0 amide bonds. The number of nitrogens with zero attached hydrogens (tertiary/aromatic N) is 7. The van der Waals surface area contributed by atoms with Gasteiger partial charge in [0.25, 0.3) is 0 Å². The highest BCUT2D eigenvalue weighted by atomic mass is 16.4. The Hall–Kier alpha value is -5.74. The summed E-state index contributed by atoms with van der Waals surface area (Å²) >= 11 is 0. The third kappa shape index (κ3) is 6.46.